The summed E-state index contributed by atoms with van der Waals surface area (Å²) in [6.45, 7) is 5.85. The lowest BCUT2D eigenvalue weighted by Crippen LogP contribution is -2.17. The van der Waals surface area contributed by atoms with Gasteiger partial charge in [-0.1, -0.05) is 20.8 Å². The molecule has 1 amide bonds. The number of amides is 1. The van der Waals surface area contributed by atoms with Crippen molar-refractivity contribution in [1.82, 2.24) is 19.7 Å². The molecule has 11 nitrogen and oxygen atoms in total. The highest BCUT2D eigenvalue weighted by Gasteiger charge is 2.26. The highest BCUT2D eigenvalue weighted by molar-refractivity contribution is 7.90. The van der Waals surface area contributed by atoms with Gasteiger partial charge in [0.2, 0.25) is 0 Å². The molecule has 0 saturated carbocycles. The fourth-order valence-electron chi connectivity index (χ4n) is 2.69. The molecular formula is C19H20N6O5S. The van der Waals surface area contributed by atoms with E-state index < -0.39 is 31.3 Å². The minimum Gasteiger partial charge on any atom is -0.306 e. The lowest BCUT2D eigenvalue weighted by Gasteiger charge is -2.13. The molecule has 0 saturated heterocycles. The predicted octanol–water partition coefficient (Wildman–Crippen LogP) is 2.52. The minimum absolute atomic E-state index is 0.0851. The molecule has 0 unspecified atom stereocenters. The molecule has 0 aliphatic carbocycles. The van der Waals surface area contributed by atoms with Gasteiger partial charge in [0, 0.05) is 41.8 Å². The Morgan fingerprint density at radius 2 is 1.81 bits per heavy atom. The van der Waals surface area contributed by atoms with Crippen LogP contribution in [0.5, 0.6) is 0 Å². The third-order valence-corrected chi connectivity index (χ3v) is 5.42. The van der Waals surface area contributed by atoms with E-state index in [0.29, 0.717) is 5.69 Å². The van der Waals surface area contributed by atoms with Gasteiger partial charge in [0.25, 0.3) is 17.5 Å². The van der Waals surface area contributed by atoms with Crippen molar-refractivity contribution in [2.24, 2.45) is 0 Å². The van der Waals surface area contributed by atoms with E-state index in [4.69, 9.17) is 0 Å². The summed E-state index contributed by atoms with van der Waals surface area (Å²) in [7, 11) is -3.84. The van der Waals surface area contributed by atoms with E-state index in [1.165, 1.54) is 23.1 Å². The number of carbonyl (C=O) groups excluding carboxylic acids is 1. The number of anilines is 1. The highest BCUT2D eigenvalue weighted by Crippen LogP contribution is 2.27. The number of benzene rings is 1. The molecule has 0 fully saturated rings. The van der Waals surface area contributed by atoms with Gasteiger partial charge in [-0.2, -0.15) is 9.78 Å². The van der Waals surface area contributed by atoms with Crippen LogP contribution in [0.15, 0.2) is 47.6 Å². The predicted molar refractivity (Wildman–Crippen MR) is 112 cm³/mol. The second kappa shape index (κ2) is 7.87. The lowest BCUT2D eigenvalue weighted by atomic mass is 9.92. The molecule has 0 aliphatic heterocycles. The first kappa shape index (κ1) is 22.0. The van der Waals surface area contributed by atoms with Gasteiger partial charge >= 0.3 is 0 Å². The van der Waals surface area contributed by atoms with Crippen LogP contribution in [-0.2, 0) is 15.3 Å². The zero-order chi connectivity index (χ0) is 23.0. The number of nitrogens with one attached hydrogen (secondary N) is 1. The molecule has 2 aromatic heterocycles. The van der Waals surface area contributed by atoms with E-state index in [9.17, 15) is 23.3 Å². The number of hydrogen-bond acceptors (Lipinski definition) is 8. The van der Waals surface area contributed by atoms with Gasteiger partial charge in [-0.25, -0.2) is 18.4 Å². The maximum absolute atomic E-state index is 12.8. The van der Waals surface area contributed by atoms with Crippen LogP contribution in [0.1, 0.15) is 36.8 Å². The highest BCUT2D eigenvalue weighted by atomic mass is 32.2. The summed E-state index contributed by atoms with van der Waals surface area (Å²) in [5.74, 6) is -0.191. The Morgan fingerprint density at radius 1 is 1.16 bits per heavy atom. The van der Waals surface area contributed by atoms with Crippen molar-refractivity contribution < 1.29 is 18.1 Å². The molecule has 1 N–H and O–H groups in total. The number of nitro benzene ring substituents is 1. The molecule has 0 spiro atoms. The molecule has 3 aromatic rings. The van der Waals surface area contributed by atoms with Crippen LogP contribution in [0.4, 0.5) is 11.5 Å². The number of carbonyl (C=O) groups is 1. The van der Waals surface area contributed by atoms with Crippen molar-refractivity contribution in [2.75, 3.05) is 11.6 Å². The maximum Gasteiger partial charge on any atom is 0.288 e. The Labute approximate surface area is 178 Å². The van der Waals surface area contributed by atoms with Crippen LogP contribution < -0.4 is 5.32 Å². The summed E-state index contributed by atoms with van der Waals surface area (Å²) in [6, 6.07) is 6.48. The number of hydrogen-bond donors (Lipinski definition) is 1. The summed E-state index contributed by atoms with van der Waals surface area (Å²) < 4.78 is 25.0. The van der Waals surface area contributed by atoms with Gasteiger partial charge in [-0.3, -0.25) is 14.9 Å². The molecule has 162 valence electrons. The van der Waals surface area contributed by atoms with E-state index in [1.807, 2.05) is 20.8 Å². The van der Waals surface area contributed by atoms with E-state index in [0.717, 1.165) is 18.4 Å². The largest absolute Gasteiger partial charge is 0.306 e. The molecule has 0 bridgehead atoms. The van der Waals surface area contributed by atoms with Gasteiger partial charge < -0.3 is 5.32 Å². The second-order valence-electron chi connectivity index (χ2n) is 7.79. The Kier molecular flexibility index (Phi) is 5.59. The zero-order valence-corrected chi connectivity index (χ0v) is 18.0. The van der Waals surface area contributed by atoms with Crippen molar-refractivity contribution in [3.8, 4) is 5.95 Å². The van der Waals surface area contributed by atoms with Gasteiger partial charge in [-0.05, 0) is 18.2 Å². The van der Waals surface area contributed by atoms with E-state index in [1.54, 1.807) is 12.1 Å². The maximum atomic E-state index is 12.8. The van der Waals surface area contributed by atoms with Crippen LogP contribution in [-0.4, -0.2) is 45.3 Å². The summed E-state index contributed by atoms with van der Waals surface area (Å²) in [5.41, 5.74) is -0.438. The normalized spacial score (nSPS) is 11.9. The van der Waals surface area contributed by atoms with Gasteiger partial charge in [-0.15, -0.1) is 0 Å². The van der Waals surface area contributed by atoms with Gasteiger partial charge in [0.05, 0.1) is 10.6 Å². The quantitative estimate of drug-likeness (QED) is 0.466. The number of sulfone groups is 1. The average molecular weight is 444 g/mol. The smallest absolute Gasteiger partial charge is 0.288 e. The van der Waals surface area contributed by atoms with Crippen molar-refractivity contribution in [3.63, 3.8) is 0 Å². The third-order valence-electron chi connectivity index (χ3n) is 4.28. The number of rotatable bonds is 5. The Balaban J connectivity index is 2.03. The van der Waals surface area contributed by atoms with E-state index >= 15 is 0 Å². The molecule has 0 atom stereocenters. The topological polar surface area (TPSA) is 150 Å². The summed E-state index contributed by atoms with van der Waals surface area (Å²) >= 11 is 0. The SMILES string of the molecule is CC(C)(C)c1cc(NC(=O)c2ccc(S(C)(=O)=O)c([N+](=O)[O-])c2)n(-c2ncccn2)n1. The number of aromatic nitrogens is 4. The molecule has 0 radical (unpaired) electrons. The van der Waals surface area contributed by atoms with Gasteiger partial charge in [0.15, 0.2) is 9.84 Å². The van der Waals surface area contributed by atoms with Crippen LogP contribution in [0, 0.1) is 10.1 Å². The van der Waals surface area contributed by atoms with Crippen molar-refractivity contribution in [2.45, 2.75) is 31.1 Å². The zero-order valence-electron chi connectivity index (χ0n) is 17.2. The van der Waals surface area contributed by atoms with Crippen molar-refractivity contribution >= 4 is 27.2 Å². The second-order valence-corrected chi connectivity index (χ2v) is 9.78. The van der Waals surface area contributed by atoms with Crippen LogP contribution >= 0.6 is 0 Å². The van der Waals surface area contributed by atoms with Crippen molar-refractivity contribution in [1.29, 1.82) is 0 Å². The first-order chi connectivity index (χ1) is 14.4. The first-order valence-electron chi connectivity index (χ1n) is 9.06. The molecule has 12 heteroatoms. The van der Waals surface area contributed by atoms with E-state index in [-0.39, 0.29) is 22.7 Å². The Bertz CT molecular complexity index is 1260. The van der Waals surface area contributed by atoms with Crippen LogP contribution in [0.25, 0.3) is 5.95 Å². The molecule has 31 heavy (non-hydrogen) atoms. The summed E-state index contributed by atoms with van der Waals surface area (Å²) in [5, 5.41) is 18.5. The van der Waals surface area contributed by atoms with Crippen LogP contribution in [0.2, 0.25) is 0 Å². The Morgan fingerprint density at radius 3 is 2.35 bits per heavy atom. The molecule has 3 rings (SSSR count). The standard InChI is InChI=1S/C19H20N6O5S/c1-19(2,3)15-11-16(24(23-15)18-20-8-5-9-21-18)22-17(26)12-6-7-14(31(4,29)30)13(10-12)25(27)28/h5-11H,1-4H3,(H,22,26). The lowest BCUT2D eigenvalue weighted by molar-refractivity contribution is -0.387. The minimum atomic E-state index is -3.84. The molecule has 0 aliphatic rings. The number of nitro groups is 1. The monoisotopic (exact) mass is 444 g/mol. The van der Waals surface area contributed by atoms with Crippen molar-refractivity contribution in [3.05, 3.63) is 64.1 Å². The molecule has 1 aromatic carbocycles. The summed E-state index contributed by atoms with van der Waals surface area (Å²) in [6.07, 6.45) is 3.92. The molecular weight excluding hydrogens is 424 g/mol. The third kappa shape index (κ3) is 4.74. The number of nitrogens with zero attached hydrogens (tertiary/aromatic N) is 5. The average Bonchev–Trinajstić information content (AvgIpc) is 3.11. The Hall–Kier alpha value is -3.67. The fourth-order valence-corrected chi connectivity index (χ4v) is 3.52. The first-order valence-corrected chi connectivity index (χ1v) is 10.9. The van der Waals surface area contributed by atoms with Crippen LogP contribution in [0.3, 0.4) is 0 Å². The molecule has 2 heterocycles. The fraction of sp³-hybridized carbons (Fsp3) is 0.263. The summed E-state index contributed by atoms with van der Waals surface area (Å²) in [4.78, 5) is 31.1. The van der Waals surface area contributed by atoms with E-state index in [2.05, 4.69) is 20.4 Å². The van der Waals surface area contributed by atoms with Gasteiger partial charge in [0.1, 0.15) is 10.7 Å².